The first-order valence-electron chi connectivity index (χ1n) is 3.81. The maximum Gasteiger partial charge on any atom is 0.166 e. The minimum atomic E-state index is 0.631. The number of H-pyrrole nitrogens is 1. The number of hydrogen-bond donors (Lipinski definition) is 1. The van der Waals surface area contributed by atoms with Crippen LogP contribution in [0.4, 0.5) is 0 Å². The molecule has 1 aromatic carbocycles. The molecule has 13 heavy (non-hydrogen) atoms. The van der Waals surface area contributed by atoms with Gasteiger partial charge in [0, 0.05) is 10.9 Å². The highest BCUT2D eigenvalue weighted by Gasteiger charge is 1.95. The quantitative estimate of drug-likeness (QED) is 0.603. The third-order valence-corrected chi connectivity index (χ3v) is 1.68. The molecule has 0 amide bonds. The summed E-state index contributed by atoms with van der Waals surface area (Å²) >= 11 is 2.94. The van der Waals surface area contributed by atoms with Crippen molar-refractivity contribution in [1.82, 2.24) is 4.98 Å². The molecular formula is C10H10BrNO. The lowest BCUT2D eigenvalue weighted by molar-refractivity contribution is 0.112. The molecule has 0 saturated carbocycles. The average Bonchev–Trinajstić information content (AvgIpc) is 2.63. The van der Waals surface area contributed by atoms with Gasteiger partial charge in [-0.25, -0.2) is 0 Å². The Morgan fingerprint density at radius 2 is 2.00 bits per heavy atom. The van der Waals surface area contributed by atoms with Crippen LogP contribution in [-0.2, 0) is 0 Å². The Hall–Kier alpha value is -1.09. The molecule has 0 fully saturated rings. The summed E-state index contributed by atoms with van der Waals surface area (Å²) in [5, 5.41) is 1.08. The number of rotatable bonds is 1. The number of alkyl halides is 1. The van der Waals surface area contributed by atoms with Gasteiger partial charge in [-0.3, -0.25) is 4.79 Å². The number of carbonyl (C=O) groups is 1. The van der Waals surface area contributed by atoms with Crippen molar-refractivity contribution in [3.8, 4) is 0 Å². The molecule has 1 N–H and O–H groups in total. The first kappa shape index (κ1) is 9.99. The Morgan fingerprint density at radius 3 is 2.62 bits per heavy atom. The van der Waals surface area contributed by atoms with E-state index in [1.807, 2.05) is 36.2 Å². The van der Waals surface area contributed by atoms with Crippen LogP contribution in [0.5, 0.6) is 0 Å². The molecule has 0 atom stereocenters. The fraction of sp³-hybridized carbons (Fsp3) is 0.100. The van der Waals surface area contributed by atoms with Crippen molar-refractivity contribution >= 4 is 33.1 Å². The maximum absolute atomic E-state index is 10.3. The molecule has 0 spiro atoms. The molecule has 0 unspecified atom stereocenters. The Morgan fingerprint density at radius 1 is 1.31 bits per heavy atom. The first-order chi connectivity index (χ1) is 6.40. The minimum Gasteiger partial charge on any atom is -0.352 e. The van der Waals surface area contributed by atoms with E-state index in [1.165, 1.54) is 0 Å². The molecule has 2 nitrogen and oxygen atoms in total. The van der Waals surface area contributed by atoms with Crippen LogP contribution in [-0.4, -0.2) is 17.1 Å². The number of aldehydes is 1. The van der Waals surface area contributed by atoms with Gasteiger partial charge >= 0.3 is 0 Å². The van der Waals surface area contributed by atoms with Gasteiger partial charge in [-0.1, -0.05) is 34.1 Å². The molecule has 0 saturated heterocycles. The van der Waals surface area contributed by atoms with E-state index >= 15 is 0 Å². The number of hydrogen-bond acceptors (Lipinski definition) is 1. The summed E-state index contributed by atoms with van der Waals surface area (Å²) in [6.07, 6.45) is 0.819. The molecule has 0 aliphatic rings. The van der Waals surface area contributed by atoms with Gasteiger partial charge in [-0.2, -0.15) is 0 Å². The number of nitrogens with one attached hydrogen (secondary N) is 1. The van der Waals surface area contributed by atoms with E-state index in [0.717, 1.165) is 17.2 Å². The number of carbonyl (C=O) groups excluding carboxylic acids is 1. The van der Waals surface area contributed by atoms with Gasteiger partial charge in [0.05, 0.1) is 5.69 Å². The molecule has 3 heteroatoms. The predicted molar refractivity (Wildman–Crippen MR) is 58.5 cm³/mol. The molecule has 0 aliphatic heterocycles. The molecule has 1 aromatic heterocycles. The lowest BCUT2D eigenvalue weighted by Crippen LogP contribution is -1.73. The maximum atomic E-state index is 10.3. The van der Waals surface area contributed by atoms with Crippen molar-refractivity contribution in [2.45, 2.75) is 0 Å². The second-order valence-electron chi connectivity index (χ2n) is 2.43. The lowest BCUT2D eigenvalue weighted by atomic mass is 10.2. The largest absolute Gasteiger partial charge is 0.352 e. The van der Waals surface area contributed by atoms with Crippen LogP contribution >= 0.6 is 15.9 Å². The Labute approximate surface area is 85.1 Å². The summed E-state index contributed by atoms with van der Waals surface area (Å²) in [7, 11) is 0. The van der Waals surface area contributed by atoms with Crippen molar-refractivity contribution in [1.29, 1.82) is 0 Å². The SMILES string of the molecule is CBr.O=Cc1cc2ccccc2[nH]1. The van der Waals surface area contributed by atoms with Crippen molar-refractivity contribution in [3.63, 3.8) is 0 Å². The van der Waals surface area contributed by atoms with Crippen molar-refractivity contribution in [3.05, 3.63) is 36.0 Å². The number of para-hydroxylation sites is 1. The number of fused-ring (bicyclic) bond motifs is 1. The van der Waals surface area contributed by atoms with E-state index in [4.69, 9.17) is 0 Å². The number of halogens is 1. The summed E-state index contributed by atoms with van der Waals surface area (Å²) in [6, 6.07) is 9.64. The number of aromatic amines is 1. The second-order valence-corrected chi connectivity index (χ2v) is 2.43. The van der Waals surface area contributed by atoms with Gasteiger partial charge in [-0.05, 0) is 18.0 Å². The van der Waals surface area contributed by atoms with Gasteiger partial charge in [-0.15, -0.1) is 0 Å². The smallest absolute Gasteiger partial charge is 0.166 e. The van der Waals surface area contributed by atoms with E-state index < -0.39 is 0 Å². The van der Waals surface area contributed by atoms with Gasteiger partial charge in [0.15, 0.2) is 6.29 Å². The highest BCUT2D eigenvalue weighted by atomic mass is 79.9. The van der Waals surface area contributed by atoms with Gasteiger partial charge in [0.2, 0.25) is 0 Å². The van der Waals surface area contributed by atoms with Crippen LogP contribution in [0.25, 0.3) is 10.9 Å². The van der Waals surface area contributed by atoms with Crippen molar-refractivity contribution in [2.24, 2.45) is 0 Å². The Balaban J connectivity index is 0.000000396. The monoisotopic (exact) mass is 239 g/mol. The average molecular weight is 240 g/mol. The summed E-state index contributed by atoms with van der Waals surface area (Å²) in [4.78, 5) is 13.3. The molecule has 0 radical (unpaired) electrons. The molecule has 2 aromatic rings. The second kappa shape index (κ2) is 4.82. The molecule has 0 bridgehead atoms. The fourth-order valence-electron chi connectivity index (χ4n) is 1.16. The van der Waals surface area contributed by atoms with E-state index in [-0.39, 0.29) is 0 Å². The standard InChI is InChI=1S/C9H7NO.CH3Br/c11-6-8-5-7-3-1-2-4-9(7)10-8;1-2/h1-6,10H;1H3. The fourth-order valence-corrected chi connectivity index (χ4v) is 1.16. The van der Waals surface area contributed by atoms with Crippen LogP contribution in [0.15, 0.2) is 30.3 Å². The summed E-state index contributed by atoms with van der Waals surface area (Å²) < 4.78 is 0. The van der Waals surface area contributed by atoms with Crippen molar-refractivity contribution < 1.29 is 4.79 Å². The molecule has 1 heterocycles. The third-order valence-electron chi connectivity index (χ3n) is 1.68. The number of aromatic nitrogens is 1. The summed E-state index contributed by atoms with van der Waals surface area (Å²) in [5.74, 6) is 1.81. The van der Waals surface area contributed by atoms with Crippen LogP contribution in [0.3, 0.4) is 0 Å². The van der Waals surface area contributed by atoms with E-state index in [0.29, 0.717) is 5.69 Å². The Kier molecular flexibility index (Phi) is 3.71. The van der Waals surface area contributed by atoms with Gasteiger partial charge in [0.1, 0.15) is 0 Å². The van der Waals surface area contributed by atoms with Crippen LogP contribution < -0.4 is 0 Å². The number of benzene rings is 1. The highest BCUT2D eigenvalue weighted by molar-refractivity contribution is 9.08. The van der Waals surface area contributed by atoms with Crippen LogP contribution in [0.1, 0.15) is 10.5 Å². The molecule has 0 aliphatic carbocycles. The summed E-state index contributed by atoms with van der Waals surface area (Å²) in [6.45, 7) is 0. The zero-order valence-electron chi connectivity index (χ0n) is 7.25. The molecular weight excluding hydrogens is 230 g/mol. The van der Waals surface area contributed by atoms with E-state index in [2.05, 4.69) is 20.9 Å². The summed E-state index contributed by atoms with van der Waals surface area (Å²) in [5.41, 5.74) is 1.64. The van der Waals surface area contributed by atoms with E-state index in [9.17, 15) is 4.79 Å². The topological polar surface area (TPSA) is 32.9 Å². The molecule has 68 valence electrons. The minimum absolute atomic E-state index is 0.631. The zero-order chi connectivity index (χ0) is 9.68. The van der Waals surface area contributed by atoms with Crippen LogP contribution in [0.2, 0.25) is 0 Å². The Bertz CT molecular complexity index is 361. The van der Waals surface area contributed by atoms with Crippen LogP contribution in [0, 0.1) is 0 Å². The van der Waals surface area contributed by atoms with Gasteiger partial charge < -0.3 is 4.98 Å². The lowest BCUT2D eigenvalue weighted by Gasteiger charge is -1.83. The predicted octanol–water partition coefficient (Wildman–Crippen LogP) is 2.99. The van der Waals surface area contributed by atoms with Gasteiger partial charge in [0.25, 0.3) is 0 Å². The molecule has 2 rings (SSSR count). The van der Waals surface area contributed by atoms with Crippen molar-refractivity contribution in [2.75, 3.05) is 5.83 Å². The first-order valence-corrected chi connectivity index (χ1v) is 5.39. The highest BCUT2D eigenvalue weighted by Crippen LogP contribution is 2.12. The third kappa shape index (κ3) is 2.18. The zero-order valence-corrected chi connectivity index (χ0v) is 8.84. The van der Waals surface area contributed by atoms with E-state index in [1.54, 1.807) is 0 Å². The normalized spacial score (nSPS) is 9.08.